The number of para-hydroxylation sites is 2. The first-order valence-corrected chi connectivity index (χ1v) is 6.37. The summed E-state index contributed by atoms with van der Waals surface area (Å²) in [5, 5.41) is 7.07. The number of nitrogens with one attached hydrogen (secondary N) is 1. The Labute approximate surface area is 120 Å². The molecule has 0 fully saturated rings. The minimum absolute atomic E-state index is 0. The molecule has 0 unspecified atom stereocenters. The van der Waals surface area contributed by atoms with E-state index in [9.17, 15) is 8.42 Å². The van der Waals surface area contributed by atoms with Gasteiger partial charge in [0.2, 0.25) is 0 Å². The summed E-state index contributed by atoms with van der Waals surface area (Å²) in [6.45, 7) is 0. The average molecular weight is 432 g/mol. The molecule has 1 N–H and O–H groups in total. The number of benzene rings is 2. The van der Waals surface area contributed by atoms with Gasteiger partial charge in [-0.05, 0) is 24.3 Å². The molecule has 0 aliphatic heterocycles. The van der Waals surface area contributed by atoms with E-state index < -0.39 is 10.0 Å². The number of hydrogen-bond donors (Lipinski definition) is 0. The molecule has 18 heavy (non-hydrogen) atoms. The van der Waals surface area contributed by atoms with Crippen molar-refractivity contribution in [3.63, 3.8) is 0 Å². The number of ether oxygens (including phenoxy) is 1. The Morgan fingerprint density at radius 2 is 1.44 bits per heavy atom. The van der Waals surface area contributed by atoms with Gasteiger partial charge in [-0.15, -0.1) is 0 Å². The molecule has 0 aliphatic carbocycles. The molecule has 0 aliphatic rings. The molecule has 6 heteroatoms. The van der Waals surface area contributed by atoms with Crippen molar-refractivity contribution >= 4 is 10.0 Å². The van der Waals surface area contributed by atoms with Crippen molar-refractivity contribution in [2.75, 3.05) is 0 Å². The van der Waals surface area contributed by atoms with Crippen LogP contribution in [0.3, 0.4) is 0 Å². The average Bonchev–Trinajstić information content (AvgIpc) is 2.30. The van der Waals surface area contributed by atoms with Crippen molar-refractivity contribution in [1.29, 1.82) is 0 Å². The minimum atomic E-state index is -4.03. The van der Waals surface area contributed by atoms with Crippen molar-refractivity contribution in [3.05, 3.63) is 59.7 Å². The first kappa shape index (κ1) is 14.9. The van der Waals surface area contributed by atoms with Crippen molar-refractivity contribution in [1.82, 2.24) is 0 Å². The maximum Gasteiger partial charge on any atom is 0.144 e. The standard InChI is InChI=1S/C12H10NO3S.W/c13-17(14,15)12-9-5-4-8-11(12)16-10-6-2-1-3-7-10;/h1-9H,(H-,13,14,15);/q-1;. The Bertz CT molecular complexity index is 614. The predicted octanol–water partition coefficient (Wildman–Crippen LogP) is 3.22. The zero-order valence-corrected chi connectivity index (χ0v) is 13.0. The van der Waals surface area contributed by atoms with Crippen molar-refractivity contribution in [2.24, 2.45) is 0 Å². The van der Waals surface area contributed by atoms with Crippen LogP contribution in [0.2, 0.25) is 0 Å². The molecule has 94 valence electrons. The summed E-state index contributed by atoms with van der Waals surface area (Å²) < 4.78 is 27.9. The molecule has 2 aromatic rings. The van der Waals surface area contributed by atoms with Gasteiger partial charge in [0.1, 0.15) is 21.5 Å². The zero-order valence-electron chi connectivity index (χ0n) is 9.24. The van der Waals surface area contributed by atoms with Crippen molar-refractivity contribution in [3.8, 4) is 11.5 Å². The smallest absolute Gasteiger partial charge is 0.144 e. The fourth-order valence-corrected chi connectivity index (χ4v) is 2.00. The Morgan fingerprint density at radius 3 is 2.06 bits per heavy atom. The summed E-state index contributed by atoms with van der Waals surface area (Å²) in [7, 11) is -4.03. The quantitative estimate of drug-likeness (QED) is 0.749. The van der Waals surface area contributed by atoms with Crippen LogP contribution in [0.1, 0.15) is 0 Å². The molecular formula is C12H10NO3SW-. The van der Waals surface area contributed by atoms with Crippen molar-refractivity contribution in [2.45, 2.75) is 4.90 Å². The molecular weight excluding hydrogens is 422 g/mol. The Hall–Kier alpha value is -1.16. The van der Waals surface area contributed by atoms with E-state index in [-0.39, 0.29) is 31.7 Å². The molecule has 0 bridgehead atoms. The van der Waals surface area contributed by atoms with E-state index in [0.29, 0.717) is 5.75 Å². The van der Waals surface area contributed by atoms with Crippen molar-refractivity contribution < 1.29 is 34.2 Å². The van der Waals surface area contributed by atoms with E-state index in [1.54, 1.807) is 36.4 Å². The van der Waals surface area contributed by atoms with E-state index in [1.807, 2.05) is 6.07 Å². The van der Waals surface area contributed by atoms with E-state index in [2.05, 4.69) is 0 Å². The molecule has 0 aromatic heterocycles. The van der Waals surface area contributed by atoms with Gasteiger partial charge in [0.05, 0.1) is 4.90 Å². The van der Waals surface area contributed by atoms with Gasteiger partial charge in [-0.25, -0.2) is 8.42 Å². The van der Waals surface area contributed by atoms with Crippen LogP contribution in [-0.2, 0) is 31.1 Å². The number of rotatable bonds is 3. The van der Waals surface area contributed by atoms with E-state index in [4.69, 9.17) is 9.88 Å². The number of hydrogen-bond acceptors (Lipinski definition) is 3. The third-order valence-electron chi connectivity index (χ3n) is 2.11. The van der Waals surface area contributed by atoms with Crippen LogP contribution >= 0.6 is 0 Å². The fourth-order valence-electron chi connectivity index (χ4n) is 1.37. The summed E-state index contributed by atoms with van der Waals surface area (Å²) in [6.07, 6.45) is 0. The van der Waals surface area contributed by atoms with Crippen LogP contribution in [0.5, 0.6) is 11.5 Å². The normalized spacial score (nSPS) is 10.5. The van der Waals surface area contributed by atoms with Crippen LogP contribution in [0.15, 0.2) is 59.5 Å². The van der Waals surface area contributed by atoms with E-state index in [0.717, 1.165) is 0 Å². The zero-order chi connectivity index (χ0) is 12.3. The van der Waals surface area contributed by atoms with Crippen LogP contribution in [0.25, 0.3) is 5.14 Å². The summed E-state index contributed by atoms with van der Waals surface area (Å²) in [5.74, 6) is 0.692. The molecule has 0 atom stereocenters. The third kappa shape index (κ3) is 3.67. The second-order valence-electron chi connectivity index (χ2n) is 3.37. The molecule has 0 saturated heterocycles. The SMILES string of the molecule is [NH-]S(=O)(=O)c1ccccc1Oc1ccccc1.[W]. The molecule has 2 aromatic carbocycles. The first-order valence-electron chi connectivity index (χ1n) is 4.89. The van der Waals surface area contributed by atoms with Gasteiger partial charge in [-0.2, -0.15) is 0 Å². The van der Waals surface area contributed by atoms with Gasteiger partial charge >= 0.3 is 0 Å². The second-order valence-corrected chi connectivity index (χ2v) is 4.81. The summed E-state index contributed by atoms with van der Waals surface area (Å²) >= 11 is 0. The van der Waals surface area contributed by atoms with E-state index >= 15 is 0 Å². The molecule has 4 nitrogen and oxygen atoms in total. The summed E-state index contributed by atoms with van der Waals surface area (Å²) in [6, 6.07) is 14.9. The molecule has 0 spiro atoms. The van der Waals surface area contributed by atoms with Gasteiger partial charge in [0.25, 0.3) is 0 Å². The van der Waals surface area contributed by atoms with Gasteiger partial charge in [-0.1, -0.05) is 30.3 Å². The first-order chi connectivity index (χ1) is 8.07. The predicted molar refractivity (Wildman–Crippen MR) is 64.5 cm³/mol. The summed E-state index contributed by atoms with van der Waals surface area (Å²) in [4.78, 5) is -0.135. The topological polar surface area (TPSA) is 67.2 Å². The summed E-state index contributed by atoms with van der Waals surface area (Å²) in [5.41, 5.74) is 0. The minimum Gasteiger partial charge on any atom is -0.560 e. The Balaban J connectivity index is 0.00000162. The number of sulfonamides is 1. The fraction of sp³-hybridized carbons (Fsp3) is 0. The largest absolute Gasteiger partial charge is 0.560 e. The monoisotopic (exact) mass is 432 g/mol. The van der Waals surface area contributed by atoms with Gasteiger partial charge in [0, 0.05) is 21.1 Å². The van der Waals surface area contributed by atoms with Gasteiger partial charge in [-0.3, -0.25) is 0 Å². The van der Waals surface area contributed by atoms with E-state index in [1.165, 1.54) is 12.1 Å². The Morgan fingerprint density at radius 1 is 0.889 bits per heavy atom. The van der Waals surface area contributed by atoms with Gasteiger partial charge in [0.15, 0.2) is 0 Å². The van der Waals surface area contributed by atoms with Gasteiger partial charge < -0.3 is 9.88 Å². The van der Waals surface area contributed by atoms with Crippen LogP contribution in [-0.4, -0.2) is 8.42 Å². The molecule has 0 radical (unpaired) electrons. The Kier molecular flexibility index (Phi) is 5.08. The molecule has 0 saturated carbocycles. The maximum absolute atomic E-state index is 11.2. The van der Waals surface area contributed by atoms with Crippen LogP contribution in [0, 0.1) is 0 Å². The second kappa shape index (κ2) is 6.14. The molecule has 0 amide bonds. The molecule has 2 rings (SSSR count). The van der Waals surface area contributed by atoms with Crippen LogP contribution < -0.4 is 4.74 Å². The maximum atomic E-state index is 11.2. The third-order valence-corrected chi connectivity index (χ3v) is 3.03. The molecule has 0 heterocycles. The van der Waals surface area contributed by atoms with Crippen LogP contribution in [0.4, 0.5) is 0 Å².